The molecule has 1 N–H and O–H groups in total. The van der Waals surface area contributed by atoms with Crippen LogP contribution in [-0.4, -0.2) is 22.3 Å². The van der Waals surface area contributed by atoms with E-state index in [0.717, 1.165) is 28.2 Å². The summed E-state index contributed by atoms with van der Waals surface area (Å²) in [4.78, 5) is 9.07. The Hall–Kier alpha value is -1.26. The molecular weight excluding hydrogens is 244 g/mol. The molecule has 1 aromatic carbocycles. The lowest BCUT2D eigenvalue weighted by Gasteiger charge is -2.17. The molecule has 0 fully saturated rings. The van der Waals surface area contributed by atoms with Crippen molar-refractivity contribution in [3.63, 3.8) is 0 Å². The Morgan fingerprint density at radius 2 is 2.33 bits per heavy atom. The Bertz CT molecular complexity index is 603. The second kappa shape index (κ2) is 4.78. The molecule has 1 aliphatic heterocycles. The second-order valence-corrected chi connectivity index (χ2v) is 5.99. The molecule has 0 saturated carbocycles. The van der Waals surface area contributed by atoms with Gasteiger partial charge in [-0.2, -0.15) is 0 Å². The van der Waals surface area contributed by atoms with Crippen LogP contribution in [0.2, 0.25) is 0 Å². The van der Waals surface area contributed by atoms with Gasteiger partial charge in [0, 0.05) is 12.3 Å². The monoisotopic (exact) mass is 260 g/mol. The molecule has 1 aromatic heterocycles. The van der Waals surface area contributed by atoms with Crippen LogP contribution in [0.5, 0.6) is 0 Å². The third-order valence-electron chi connectivity index (χ3n) is 3.37. The normalized spacial score (nSPS) is 20.1. The van der Waals surface area contributed by atoms with Gasteiger partial charge >= 0.3 is 0 Å². The third kappa shape index (κ3) is 2.18. The summed E-state index contributed by atoms with van der Waals surface area (Å²) in [6.07, 6.45) is 2.28. The number of hydrogen-bond donors (Lipinski definition) is 1. The SMILES string of the molecule is C[C@H]1CCC(c2ccc3sc(CO)nc3c2)=NC1. The highest BCUT2D eigenvalue weighted by Crippen LogP contribution is 2.25. The first-order valence-corrected chi connectivity index (χ1v) is 7.12. The Morgan fingerprint density at radius 3 is 3.06 bits per heavy atom. The maximum Gasteiger partial charge on any atom is 0.119 e. The number of fused-ring (bicyclic) bond motifs is 1. The minimum atomic E-state index is 0.0210. The number of aromatic nitrogens is 1. The van der Waals surface area contributed by atoms with E-state index in [2.05, 4.69) is 35.1 Å². The lowest BCUT2D eigenvalue weighted by molar-refractivity contribution is 0.281. The summed E-state index contributed by atoms with van der Waals surface area (Å²) in [5.41, 5.74) is 3.36. The smallest absolute Gasteiger partial charge is 0.119 e. The maximum absolute atomic E-state index is 9.11. The highest BCUT2D eigenvalue weighted by atomic mass is 32.1. The van der Waals surface area contributed by atoms with Gasteiger partial charge < -0.3 is 5.11 Å². The van der Waals surface area contributed by atoms with E-state index in [1.54, 1.807) is 11.3 Å². The van der Waals surface area contributed by atoms with Crippen LogP contribution in [0.25, 0.3) is 10.2 Å². The molecule has 1 aliphatic rings. The van der Waals surface area contributed by atoms with Crippen molar-refractivity contribution in [2.75, 3.05) is 6.54 Å². The van der Waals surface area contributed by atoms with Crippen LogP contribution in [0.15, 0.2) is 23.2 Å². The van der Waals surface area contributed by atoms with Gasteiger partial charge in [0.25, 0.3) is 0 Å². The molecule has 0 bridgehead atoms. The average molecular weight is 260 g/mol. The zero-order valence-electron chi connectivity index (χ0n) is 10.4. The number of aliphatic hydroxyl groups excluding tert-OH is 1. The molecule has 94 valence electrons. The summed E-state index contributed by atoms with van der Waals surface area (Å²) in [5, 5.41) is 9.89. The number of rotatable bonds is 2. The molecule has 4 heteroatoms. The van der Waals surface area contributed by atoms with Crippen molar-refractivity contribution in [3.05, 3.63) is 28.8 Å². The second-order valence-electron chi connectivity index (χ2n) is 4.88. The molecule has 3 nitrogen and oxygen atoms in total. The molecule has 0 radical (unpaired) electrons. The lowest BCUT2D eigenvalue weighted by atomic mass is 9.96. The number of aliphatic hydroxyl groups is 1. The molecule has 0 saturated heterocycles. The first-order chi connectivity index (χ1) is 8.76. The molecule has 3 rings (SSSR count). The summed E-state index contributed by atoms with van der Waals surface area (Å²) in [5.74, 6) is 0.706. The maximum atomic E-state index is 9.11. The van der Waals surface area contributed by atoms with Crippen molar-refractivity contribution in [1.82, 2.24) is 4.98 Å². The topological polar surface area (TPSA) is 45.5 Å². The highest BCUT2D eigenvalue weighted by Gasteiger charge is 2.14. The van der Waals surface area contributed by atoms with Gasteiger partial charge in [0.1, 0.15) is 5.01 Å². The zero-order chi connectivity index (χ0) is 12.5. The molecular formula is C14H16N2OS. The Balaban J connectivity index is 1.97. The van der Waals surface area contributed by atoms with Gasteiger partial charge in [0.15, 0.2) is 0 Å². The van der Waals surface area contributed by atoms with Gasteiger partial charge in [-0.3, -0.25) is 4.99 Å². The van der Waals surface area contributed by atoms with E-state index in [9.17, 15) is 0 Å². The fourth-order valence-corrected chi connectivity index (χ4v) is 3.09. The summed E-state index contributed by atoms with van der Waals surface area (Å²) < 4.78 is 1.13. The van der Waals surface area contributed by atoms with E-state index in [-0.39, 0.29) is 6.61 Å². The van der Waals surface area contributed by atoms with Crippen molar-refractivity contribution in [2.24, 2.45) is 10.9 Å². The quantitative estimate of drug-likeness (QED) is 0.902. The van der Waals surface area contributed by atoms with Crippen LogP contribution in [0.4, 0.5) is 0 Å². The van der Waals surface area contributed by atoms with E-state index in [0.29, 0.717) is 5.92 Å². The number of aliphatic imine (C=N–C) groups is 1. The van der Waals surface area contributed by atoms with Crippen molar-refractivity contribution < 1.29 is 5.11 Å². The molecule has 0 unspecified atom stereocenters. The van der Waals surface area contributed by atoms with Gasteiger partial charge in [-0.25, -0.2) is 4.98 Å². The highest BCUT2D eigenvalue weighted by molar-refractivity contribution is 7.18. The third-order valence-corrected chi connectivity index (χ3v) is 4.39. The minimum absolute atomic E-state index is 0.0210. The fraction of sp³-hybridized carbons (Fsp3) is 0.429. The predicted octanol–water partition coefficient (Wildman–Crippen LogP) is 3.01. The first kappa shape index (κ1) is 11.8. The average Bonchev–Trinajstić information content (AvgIpc) is 2.81. The molecule has 0 aliphatic carbocycles. The van der Waals surface area contributed by atoms with Gasteiger partial charge in [0.2, 0.25) is 0 Å². The van der Waals surface area contributed by atoms with Crippen molar-refractivity contribution in [3.8, 4) is 0 Å². The lowest BCUT2D eigenvalue weighted by Crippen LogP contribution is -2.14. The predicted molar refractivity (Wildman–Crippen MR) is 75.3 cm³/mol. The Morgan fingerprint density at radius 1 is 1.44 bits per heavy atom. The number of thiazole rings is 1. The van der Waals surface area contributed by atoms with Gasteiger partial charge in [-0.15, -0.1) is 11.3 Å². The van der Waals surface area contributed by atoms with Crippen LogP contribution in [-0.2, 0) is 6.61 Å². The first-order valence-electron chi connectivity index (χ1n) is 6.30. The summed E-state index contributed by atoms with van der Waals surface area (Å²) >= 11 is 1.55. The fourth-order valence-electron chi connectivity index (χ4n) is 2.28. The van der Waals surface area contributed by atoms with Crippen LogP contribution < -0.4 is 0 Å². The summed E-state index contributed by atoms with van der Waals surface area (Å²) in [7, 11) is 0. The van der Waals surface area contributed by atoms with Gasteiger partial charge in [-0.05, 0) is 36.5 Å². The van der Waals surface area contributed by atoms with Crippen molar-refractivity contribution in [2.45, 2.75) is 26.4 Å². The standard InChI is InChI=1S/C14H16N2OS/c1-9-2-4-11(15-7-9)10-3-5-13-12(6-10)16-14(8-17)18-13/h3,5-6,9,17H,2,4,7-8H2,1H3/t9-/m0/s1. The van der Waals surface area contributed by atoms with Crippen LogP contribution in [0, 0.1) is 5.92 Å². The number of nitrogens with zero attached hydrogens (tertiary/aromatic N) is 2. The molecule has 18 heavy (non-hydrogen) atoms. The molecule has 2 heterocycles. The molecule has 1 atom stereocenters. The minimum Gasteiger partial charge on any atom is -0.389 e. The van der Waals surface area contributed by atoms with Crippen LogP contribution >= 0.6 is 11.3 Å². The van der Waals surface area contributed by atoms with Gasteiger partial charge in [-0.1, -0.05) is 13.0 Å². The molecule has 0 spiro atoms. The van der Waals surface area contributed by atoms with Crippen LogP contribution in [0.3, 0.4) is 0 Å². The van der Waals surface area contributed by atoms with E-state index >= 15 is 0 Å². The largest absolute Gasteiger partial charge is 0.389 e. The molecule has 2 aromatic rings. The summed E-state index contributed by atoms with van der Waals surface area (Å²) in [6, 6.07) is 6.30. The number of hydrogen-bond acceptors (Lipinski definition) is 4. The zero-order valence-corrected chi connectivity index (χ0v) is 11.2. The van der Waals surface area contributed by atoms with Gasteiger partial charge in [0.05, 0.1) is 16.8 Å². The van der Waals surface area contributed by atoms with Crippen molar-refractivity contribution in [1.29, 1.82) is 0 Å². The van der Waals surface area contributed by atoms with E-state index in [4.69, 9.17) is 5.11 Å². The summed E-state index contributed by atoms with van der Waals surface area (Å²) in [6.45, 7) is 3.21. The van der Waals surface area contributed by atoms with E-state index in [1.165, 1.54) is 17.7 Å². The van der Waals surface area contributed by atoms with E-state index in [1.807, 2.05) is 0 Å². The van der Waals surface area contributed by atoms with Crippen LogP contribution in [0.1, 0.15) is 30.3 Å². The molecule has 0 amide bonds. The Kier molecular flexibility index (Phi) is 3.14. The number of benzene rings is 1. The Labute approximate surface area is 110 Å². The van der Waals surface area contributed by atoms with E-state index < -0.39 is 0 Å². The van der Waals surface area contributed by atoms with Crippen molar-refractivity contribution >= 4 is 27.3 Å².